The number of hydrogen-bond acceptors (Lipinski definition) is 2. The second-order valence-electron chi connectivity index (χ2n) is 4.31. The first kappa shape index (κ1) is 14.1. The third kappa shape index (κ3) is 3.17. The Labute approximate surface area is 122 Å². The number of rotatable bonds is 3. The van der Waals surface area contributed by atoms with Gasteiger partial charge in [-0.1, -0.05) is 30.7 Å². The molecule has 0 atom stereocenters. The van der Waals surface area contributed by atoms with Crippen LogP contribution in [0.5, 0.6) is 0 Å². The van der Waals surface area contributed by atoms with E-state index in [1.54, 1.807) is 30.3 Å². The summed E-state index contributed by atoms with van der Waals surface area (Å²) in [5, 5.41) is 12.2. The van der Waals surface area contributed by atoms with E-state index in [-0.39, 0.29) is 5.91 Å². The van der Waals surface area contributed by atoms with Gasteiger partial charge in [0, 0.05) is 10.6 Å². The van der Waals surface area contributed by atoms with Gasteiger partial charge >= 0.3 is 0 Å². The first-order chi connectivity index (χ1) is 9.63. The molecule has 100 valence electrons. The highest BCUT2D eigenvalue weighted by Crippen LogP contribution is 2.21. The van der Waals surface area contributed by atoms with Crippen molar-refractivity contribution in [1.29, 1.82) is 5.26 Å². The number of nitrogens with one attached hydrogen (secondary N) is 1. The van der Waals surface area contributed by atoms with E-state index in [0.717, 1.165) is 6.42 Å². The number of halogens is 1. The number of aryl methyl sites for hydroxylation is 1. The van der Waals surface area contributed by atoms with Gasteiger partial charge in [0.1, 0.15) is 6.07 Å². The SMILES string of the molecule is CCc1ccc(C(=O)Nc2cc(Cl)ccc2C#N)cc1. The number of benzene rings is 2. The quantitative estimate of drug-likeness (QED) is 0.925. The average molecular weight is 285 g/mol. The molecule has 0 bridgehead atoms. The molecule has 3 nitrogen and oxygen atoms in total. The first-order valence-electron chi connectivity index (χ1n) is 6.24. The molecule has 0 radical (unpaired) electrons. The molecule has 0 heterocycles. The minimum atomic E-state index is -0.258. The van der Waals surface area contributed by atoms with Gasteiger partial charge in [-0.15, -0.1) is 0 Å². The summed E-state index contributed by atoms with van der Waals surface area (Å²) in [4.78, 5) is 12.1. The number of amides is 1. The van der Waals surface area contributed by atoms with Crippen LogP contribution in [0.15, 0.2) is 42.5 Å². The molecule has 0 spiro atoms. The van der Waals surface area contributed by atoms with Crippen LogP contribution in [0.4, 0.5) is 5.69 Å². The highest BCUT2D eigenvalue weighted by atomic mass is 35.5. The molecule has 1 amide bonds. The Morgan fingerprint density at radius 3 is 2.55 bits per heavy atom. The summed E-state index contributed by atoms with van der Waals surface area (Å²) < 4.78 is 0. The van der Waals surface area contributed by atoms with E-state index in [1.807, 2.05) is 18.2 Å². The van der Waals surface area contributed by atoms with Crippen molar-refractivity contribution in [2.45, 2.75) is 13.3 Å². The zero-order valence-corrected chi connectivity index (χ0v) is 11.7. The molecule has 0 fully saturated rings. The van der Waals surface area contributed by atoms with Crippen LogP contribution in [0.2, 0.25) is 5.02 Å². The lowest BCUT2D eigenvalue weighted by molar-refractivity contribution is 0.102. The second kappa shape index (κ2) is 6.23. The van der Waals surface area contributed by atoms with Gasteiger partial charge in [0.2, 0.25) is 0 Å². The zero-order valence-electron chi connectivity index (χ0n) is 11.0. The molecule has 0 aliphatic heterocycles. The van der Waals surface area contributed by atoms with Crippen LogP contribution >= 0.6 is 11.6 Å². The number of anilines is 1. The average Bonchev–Trinajstić information content (AvgIpc) is 2.47. The van der Waals surface area contributed by atoms with Crippen molar-refractivity contribution in [2.24, 2.45) is 0 Å². The summed E-state index contributed by atoms with van der Waals surface area (Å²) in [6.45, 7) is 2.06. The van der Waals surface area contributed by atoms with Gasteiger partial charge in [0.25, 0.3) is 5.91 Å². The van der Waals surface area contributed by atoms with E-state index in [2.05, 4.69) is 12.2 Å². The van der Waals surface area contributed by atoms with E-state index in [4.69, 9.17) is 16.9 Å². The maximum atomic E-state index is 12.1. The van der Waals surface area contributed by atoms with E-state index in [1.165, 1.54) is 5.56 Å². The molecular formula is C16H13ClN2O. The first-order valence-corrected chi connectivity index (χ1v) is 6.61. The normalized spacial score (nSPS) is 9.85. The van der Waals surface area contributed by atoms with Crippen LogP contribution in [-0.2, 0) is 6.42 Å². The number of carbonyl (C=O) groups excluding carboxylic acids is 1. The predicted octanol–water partition coefficient (Wildman–Crippen LogP) is 4.03. The van der Waals surface area contributed by atoms with Crippen LogP contribution < -0.4 is 5.32 Å². The lowest BCUT2D eigenvalue weighted by Crippen LogP contribution is -2.12. The van der Waals surface area contributed by atoms with Crippen LogP contribution in [-0.4, -0.2) is 5.91 Å². The maximum Gasteiger partial charge on any atom is 0.255 e. The van der Waals surface area contributed by atoms with Crippen molar-refractivity contribution in [2.75, 3.05) is 5.32 Å². The van der Waals surface area contributed by atoms with Crippen molar-refractivity contribution in [1.82, 2.24) is 0 Å². The van der Waals surface area contributed by atoms with Crippen molar-refractivity contribution in [3.05, 3.63) is 64.2 Å². The summed E-state index contributed by atoms with van der Waals surface area (Å²) in [6.07, 6.45) is 0.925. The Morgan fingerprint density at radius 2 is 1.95 bits per heavy atom. The molecule has 0 aromatic heterocycles. The van der Waals surface area contributed by atoms with Crippen molar-refractivity contribution < 1.29 is 4.79 Å². The highest BCUT2D eigenvalue weighted by molar-refractivity contribution is 6.31. The van der Waals surface area contributed by atoms with Crippen LogP contribution in [0.3, 0.4) is 0 Å². The van der Waals surface area contributed by atoms with Crippen LogP contribution in [0.1, 0.15) is 28.4 Å². The van der Waals surface area contributed by atoms with Crippen LogP contribution in [0.25, 0.3) is 0 Å². The maximum absolute atomic E-state index is 12.1. The fraction of sp³-hybridized carbons (Fsp3) is 0.125. The van der Waals surface area contributed by atoms with Gasteiger partial charge in [0.15, 0.2) is 0 Å². The lowest BCUT2D eigenvalue weighted by Gasteiger charge is -2.08. The van der Waals surface area contributed by atoms with Gasteiger partial charge in [-0.05, 0) is 42.3 Å². The van der Waals surface area contributed by atoms with Gasteiger partial charge in [-0.3, -0.25) is 4.79 Å². The van der Waals surface area contributed by atoms with Crippen molar-refractivity contribution in [3.63, 3.8) is 0 Å². The van der Waals surface area contributed by atoms with E-state index in [0.29, 0.717) is 21.8 Å². The summed E-state index contributed by atoms with van der Waals surface area (Å²) in [7, 11) is 0. The summed E-state index contributed by atoms with van der Waals surface area (Å²) in [5.41, 5.74) is 2.52. The molecule has 2 aromatic rings. The molecule has 2 rings (SSSR count). The minimum absolute atomic E-state index is 0.258. The van der Waals surface area contributed by atoms with E-state index < -0.39 is 0 Å². The van der Waals surface area contributed by atoms with E-state index >= 15 is 0 Å². The summed E-state index contributed by atoms with van der Waals surface area (Å²) in [5.74, 6) is -0.258. The molecule has 4 heteroatoms. The van der Waals surface area contributed by atoms with Gasteiger partial charge < -0.3 is 5.32 Å². The molecule has 0 saturated heterocycles. The lowest BCUT2D eigenvalue weighted by atomic mass is 10.1. The zero-order chi connectivity index (χ0) is 14.5. The highest BCUT2D eigenvalue weighted by Gasteiger charge is 2.09. The topological polar surface area (TPSA) is 52.9 Å². The molecule has 20 heavy (non-hydrogen) atoms. The molecule has 0 aliphatic carbocycles. The third-order valence-electron chi connectivity index (χ3n) is 2.97. The van der Waals surface area contributed by atoms with Gasteiger partial charge in [-0.25, -0.2) is 0 Å². The smallest absolute Gasteiger partial charge is 0.255 e. The number of nitrogens with zero attached hydrogens (tertiary/aromatic N) is 1. The molecule has 1 N–H and O–H groups in total. The fourth-order valence-electron chi connectivity index (χ4n) is 1.80. The van der Waals surface area contributed by atoms with Crippen molar-refractivity contribution >= 4 is 23.2 Å². The minimum Gasteiger partial charge on any atom is -0.321 e. The molecule has 0 saturated carbocycles. The Morgan fingerprint density at radius 1 is 1.25 bits per heavy atom. The third-order valence-corrected chi connectivity index (χ3v) is 3.21. The van der Waals surface area contributed by atoms with Gasteiger partial charge in [-0.2, -0.15) is 5.26 Å². The molecule has 2 aromatic carbocycles. The summed E-state index contributed by atoms with van der Waals surface area (Å²) >= 11 is 5.88. The van der Waals surface area contributed by atoms with Gasteiger partial charge in [0.05, 0.1) is 11.3 Å². The molecule has 0 unspecified atom stereocenters. The fourth-order valence-corrected chi connectivity index (χ4v) is 1.98. The Bertz CT molecular complexity index is 672. The second-order valence-corrected chi connectivity index (χ2v) is 4.74. The monoisotopic (exact) mass is 284 g/mol. The van der Waals surface area contributed by atoms with Crippen LogP contribution in [0, 0.1) is 11.3 Å². The standard InChI is InChI=1S/C16H13ClN2O/c1-2-11-3-5-12(6-4-11)16(20)19-15-9-14(17)8-7-13(15)10-18/h3-9H,2H2,1H3,(H,19,20). The summed E-state index contributed by atoms with van der Waals surface area (Å²) in [6, 6.07) is 14.2. The van der Waals surface area contributed by atoms with E-state index in [9.17, 15) is 4.79 Å². The Balaban J connectivity index is 2.23. The number of hydrogen-bond donors (Lipinski definition) is 1. The predicted molar refractivity (Wildman–Crippen MR) is 79.9 cm³/mol. The Kier molecular flexibility index (Phi) is 4.39. The number of nitriles is 1. The van der Waals surface area contributed by atoms with Crippen molar-refractivity contribution in [3.8, 4) is 6.07 Å². The Hall–Kier alpha value is -2.31. The molecule has 0 aliphatic rings. The largest absolute Gasteiger partial charge is 0.321 e. The molecular weight excluding hydrogens is 272 g/mol. The number of carbonyl (C=O) groups is 1.